The molecule has 14 heteroatoms. The molecule has 0 fully saturated rings. The second kappa shape index (κ2) is 12.2. The van der Waals surface area contributed by atoms with E-state index in [2.05, 4.69) is 20.8 Å². The number of aryl methyl sites for hydroxylation is 2. The third-order valence-corrected chi connectivity index (χ3v) is 9.63. The Kier molecular flexibility index (Phi) is 8.26. The van der Waals surface area contributed by atoms with Gasteiger partial charge < -0.3 is 5.73 Å². The summed E-state index contributed by atoms with van der Waals surface area (Å²) < 4.78 is 67.6. The highest BCUT2D eigenvalue weighted by molar-refractivity contribution is 7.95. The Morgan fingerprint density at radius 1 is 0.688 bits per heavy atom. The van der Waals surface area contributed by atoms with Crippen LogP contribution in [0.3, 0.4) is 0 Å². The number of hydrazone groups is 1. The second-order valence-corrected chi connectivity index (χ2v) is 13.8. The molecule has 0 unspecified atom stereocenters. The summed E-state index contributed by atoms with van der Waals surface area (Å²) in [6, 6.07) is 24.8. The highest BCUT2D eigenvalue weighted by Gasteiger charge is 2.30. The molecule has 0 aliphatic heterocycles. The molecule has 0 saturated heterocycles. The van der Waals surface area contributed by atoms with Gasteiger partial charge in [-0.15, -0.1) is 5.11 Å². The molecule has 0 atom stereocenters. The maximum Gasteiger partial charge on any atom is 0.295 e. The minimum Gasteiger partial charge on any atom is -0.396 e. The van der Waals surface area contributed by atoms with Crippen molar-refractivity contribution in [1.82, 2.24) is 0 Å². The number of hydrogen-bond acceptors (Lipinski definition) is 10. The van der Waals surface area contributed by atoms with E-state index in [0.717, 1.165) is 28.3 Å². The van der Waals surface area contributed by atoms with E-state index in [9.17, 15) is 30.7 Å². The fourth-order valence-corrected chi connectivity index (χ4v) is 6.82. The van der Waals surface area contributed by atoms with Gasteiger partial charge in [-0.3, -0.25) is 19.3 Å². The predicted octanol–water partition coefficient (Wildman–Crippen LogP) is 7.26. The molecule has 242 valence electrons. The molecule has 5 aromatic carbocycles. The number of hydrogen-bond donors (Lipinski definition) is 4. The first kappa shape index (κ1) is 32.4. The number of azo groups is 1. The summed E-state index contributed by atoms with van der Waals surface area (Å²) in [5.74, 6) is -0.491. The molecule has 0 amide bonds. The lowest BCUT2D eigenvalue weighted by Gasteiger charge is -2.16. The number of anilines is 2. The summed E-state index contributed by atoms with van der Waals surface area (Å²) in [4.78, 5) is 12.3. The average Bonchev–Trinajstić information content (AvgIpc) is 3.04. The fourth-order valence-electron chi connectivity index (χ4n) is 5.39. The number of nitrogens with zero attached hydrogens (tertiary/aromatic N) is 3. The molecule has 0 radical (unpaired) electrons. The van der Waals surface area contributed by atoms with Gasteiger partial charge in [0.15, 0.2) is 0 Å². The Labute approximate surface area is 275 Å². The van der Waals surface area contributed by atoms with E-state index >= 15 is 0 Å². The number of allylic oxidation sites excluding steroid dienone is 1. The molecular weight excluding hydrogens is 655 g/mol. The van der Waals surface area contributed by atoms with Gasteiger partial charge in [0.25, 0.3) is 20.2 Å². The normalized spacial score (nSPS) is 14.4. The standard InChI is InChI=1S/C34H27N5O7S2/c1-19-15-21(11-13-27(19)36-38-29-17-31(47(41,42)43)23-7-3-5-9-25(23)33(29)35)22-12-14-28(20(2)16-22)37-39-30-18-32(48(44,45)46)24-8-4-6-10-26(24)34(30)40/h3-18,37H,35H2,1-2H3,(H,41,42,43)(H,44,45,46)/b38-36?,39-30+. The molecule has 0 saturated carbocycles. The molecule has 1 aliphatic rings. The quantitative estimate of drug-likeness (QED) is 0.0590. The highest BCUT2D eigenvalue weighted by atomic mass is 32.2. The first-order valence-corrected chi connectivity index (χ1v) is 17.2. The summed E-state index contributed by atoms with van der Waals surface area (Å²) >= 11 is 0. The minimum absolute atomic E-state index is 0.0935. The Bertz CT molecular complexity index is 2490. The van der Waals surface area contributed by atoms with Crippen LogP contribution in [0.15, 0.2) is 117 Å². The Morgan fingerprint density at radius 3 is 1.94 bits per heavy atom. The fraction of sp³-hybridized carbons (Fsp3) is 0.0588. The monoisotopic (exact) mass is 681 g/mol. The summed E-state index contributed by atoms with van der Waals surface area (Å²) in [6.07, 6.45) is 1.04. The van der Waals surface area contributed by atoms with Crippen molar-refractivity contribution in [3.05, 3.63) is 119 Å². The van der Waals surface area contributed by atoms with Crippen molar-refractivity contribution in [2.24, 2.45) is 15.3 Å². The van der Waals surface area contributed by atoms with E-state index in [4.69, 9.17) is 5.73 Å². The second-order valence-electron chi connectivity index (χ2n) is 11.0. The highest BCUT2D eigenvalue weighted by Crippen LogP contribution is 2.37. The van der Waals surface area contributed by atoms with Gasteiger partial charge in [-0.25, -0.2) is 0 Å². The number of benzene rings is 5. The van der Waals surface area contributed by atoms with Crippen LogP contribution in [0.1, 0.15) is 27.0 Å². The smallest absolute Gasteiger partial charge is 0.295 e. The summed E-state index contributed by atoms with van der Waals surface area (Å²) in [5, 5.41) is 13.4. The molecule has 48 heavy (non-hydrogen) atoms. The molecule has 5 N–H and O–H groups in total. The van der Waals surface area contributed by atoms with E-state index < -0.39 is 30.9 Å². The van der Waals surface area contributed by atoms with Gasteiger partial charge in [0.05, 0.1) is 17.1 Å². The lowest BCUT2D eigenvalue weighted by molar-refractivity contribution is 0.106. The number of rotatable bonds is 7. The Balaban J connectivity index is 1.25. The van der Waals surface area contributed by atoms with E-state index in [1.807, 2.05) is 38.1 Å². The van der Waals surface area contributed by atoms with Crippen LogP contribution in [0.4, 0.5) is 22.7 Å². The third kappa shape index (κ3) is 6.24. The SMILES string of the molecule is Cc1cc(-c2ccc(N/N=C3\C=C(S(=O)(=O)O)c4ccccc4C3=O)c(C)c2)ccc1N=Nc1cc(S(=O)(=O)O)c2ccccc2c1N. The van der Waals surface area contributed by atoms with Crippen LogP contribution < -0.4 is 11.2 Å². The van der Waals surface area contributed by atoms with Crippen molar-refractivity contribution in [2.45, 2.75) is 18.7 Å². The molecule has 6 rings (SSSR count). The Morgan fingerprint density at radius 2 is 1.29 bits per heavy atom. The Hall–Kier alpha value is -5.54. The van der Waals surface area contributed by atoms with Gasteiger partial charge >= 0.3 is 0 Å². The zero-order chi connectivity index (χ0) is 34.4. The van der Waals surface area contributed by atoms with Gasteiger partial charge in [0.1, 0.15) is 21.2 Å². The van der Waals surface area contributed by atoms with Crippen molar-refractivity contribution in [3.63, 3.8) is 0 Å². The van der Waals surface area contributed by atoms with Gasteiger partial charge in [0, 0.05) is 21.9 Å². The first-order valence-electron chi connectivity index (χ1n) is 14.3. The van der Waals surface area contributed by atoms with Crippen molar-refractivity contribution in [2.75, 3.05) is 11.2 Å². The van der Waals surface area contributed by atoms with E-state index in [-0.39, 0.29) is 38.5 Å². The largest absolute Gasteiger partial charge is 0.396 e. The topological polar surface area (TPSA) is 201 Å². The van der Waals surface area contributed by atoms with Crippen LogP contribution in [0.5, 0.6) is 0 Å². The number of carbonyl (C=O) groups excluding carboxylic acids is 1. The summed E-state index contributed by atoms with van der Waals surface area (Å²) in [6.45, 7) is 3.69. The van der Waals surface area contributed by atoms with Crippen LogP contribution in [-0.4, -0.2) is 37.4 Å². The first-order chi connectivity index (χ1) is 22.7. The number of fused-ring (bicyclic) bond motifs is 2. The lowest BCUT2D eigenvalue weighted by atomic mass is 9.95. The predicted molar refractivity (Wildman–Crippen MR) is 185 cm³/mol. The number of nitrogens with two attached hydrogens (primary N) is 1. The van der Waals surface area contributed by atoms with Crippen molar-refractivity contribution >= 4 is 70.2 Å². The van der Waals surface area contributed by atoms with E-state index in [1.165, 1.54) is 18.2 Å². The zero-order valence-corrected chi connectivity index (χ0v) is 27.0. The molecule has 0 aromatic heterocycles. The maximum absolute atomic E-state index is 13.0. The lowest BCUT2D eigenvalue weighted by Crippen LogP contribution is -2.22. The molecule has 0 heterocycles. The van der Waals surface area contributed by atoms with Crippen LogP contribution in [0.2, 0.25) is 0 Å². The van der Waals surface area contributed by atoms with Crippen LogP contribution in [-0.2, 0) is 20.2 Å². The molecule has 12 nitrogen and oxygen atoms in total. The average molecular weight is 682 g/mol. The maximum atomic E-state index is 13.0. The molecule has 5 aromatic rings. The van der Waals surface area contributed by atoms with Crippen molar-refractivity contribution in [1.29, 1.82) is 0 Å². The van der Waals surface area contributed by atoms with Gasteiger partial charge in [-0.05, 0) is 72.5 Å². The third-order valence-electron chi connectivity index (χ3n) is 7.84. The number of Topliss-reactive ketones (excluding diaryl/α,β-unsaturated/α-hetero) is 1. The van der Waals surface area contributed by atoms with Crippen LogP contribution >= 0.6 is 0 Å². The summed E-state index contributed by atoms with van der Waals surface area (Å²) in [7, 11) is -9.16. The van der Waals surface area contributed by atoms with Gasteiger partial charge in [0.2, 0.25) is 5.78 Å². The van der Waals surface area contributed by atoms with Gasteiger partial charge in [-0.1, -0.05) is 60.7 Å². The molecule has 1 aliphatic carbocycles. The summed E-state index contributed by atoms with van der Waals surface area (Å²) in [5.41, 5.74) is 13.8. The van der Waals surface area contributed by atoms with Crippen molar-refractivity contribution < 1.29 is 30.7 Å². The molecular formula is C34H27N5O7S2. The van der Waals surface area contributed by atoms with E-state index in [0.29, 0.717) is 16.8 Å². The zero-order valence-electron chi connectivity index (χ0n) is 25.4. The van der Waals surface area contributed by atoms with E-state index in [1.54, 1.807) is 48.5 Å². The van der Waals surface area contributed by atoms with Crippen LogP contribution in [0.25, 0.3) is 26.8 Å². The number of nitrogen functional groups attached to an aromatic ring is 1. The molecule has 0 spiro atoms. The number of nitrogens with one attached hydrogen (secondary N) is 1. The van der Waals surface area contributed by atoms with Gasteiger partial charge in [-0.2, -0.15) is 27.1 Å². The minimum atomic E-state index is -4.61. The number of ketones is 1. The number of carbonyl (C=O) groups is 1. The van der Waals surface area contributed by atoms with Crippen molar-refractivity contribution in [3.8, 4) is 11.1 Å². The molecule has 0 bridgehead atoms. The van der Waals surface area contributed by atoms with Crippen LogP contribution in [0, 0.1) is 13.8 Å².